The van der Waals surface area contributed by atoms with Crippen LogP contribution in [0.15, 0.2) is 6.07 Å². The summed E-state index contributed by atoms with van der Waals surface area (Å²) >= 11 is 0. The molecule has 0 atom stereocenters. The summed E-state index contributed by atoms with van der Waals surface area (Å²) in [6.07, 6.45) is 0.0297. The van der Waals surface area contributed by atoms with Crippen LogP contribution in [0.1, 0.15) is 32.3 Å². The summed E-state index contributed by atoms with van der Waals surface area (Å²) in [5.74, 6) is 0.628. The van der Waals surface area contributed by atoms with Gasteiger partial charge in [-0.2, -0.15) is 10.2 Å². The van der Waals surface area contributed by atoms with Gasteiger partial charge in [0.05, 0.1) is 12.0 Å². The van der Waals surface area contributed by atoms with Gasteiger partial charge in [0.2, 0.25) is 5.91 Å². The molecular weight excluding hydrogens is 256 g/mol. The van der Waals surface area contributed by atoms with Crippen molar-refractivity contribution in [3.05, 3.63) is 17.6 Å². The molecular formula is C13H20N6O. The lowest BCUT2D eigenvalue weighted by Gasteiger charge is -2.20. The maximum atomic E-state index is 11.0. The number of carbonyl (C=O) groups excluding carboxylic acids is 1. The van der Waals surface area contributed by atoms with E-state index in [9.17, 15) is 4.79 Å². The van der Waals surface area contributed by atoms with Crippen molar-refractivity contribution in [1.82, 2.24) is 24.5 Å². The van der Waals surface area contributed by atoms with Crippen LogP contribution in [-0.4, -0.2) is 30.5 Å². The van der Waals surface area contributed by atoms with Gasteiger partial charge in [0.1, 0.15) is 5.69 Å². The molecule has 0 fully saturated rings. The van der Waals surface area contributed by atoms with E-state index in [1.807, 2.05) is 40.8 Å². The fourth-order valence-corrected chi connectivity index (χ4v) is 1.89. The first-order valence-corrected chi connectivity index (χ1v) is 6.44. The second-order valence-corrected chi connectivity index (χ2v) is 5.87. The Morgan fingerprint density at radius 2 is 2.00 bits per heavy atom. The van der Waals surface area contributed by atoms with Crippen molar-refractivity contribution in [2.75, 3.05) is 0 Å². The Bertz CT molecular complexity index is 627. The van der Waals surface area contributed by atoms with Crippen molar-refractivity contribution in [3.8, 4) is 11.5 Å². The summed E-state index contributed by atoms with van der Waals surface area (Å²) < 4.78 is 3.57. The van der Waals surface area contributed by atoms with E-state index in [0.29, 0.717) is 11.6 Å². The third-order valence-corrected chi connectivity index (χ3v) is 2.96. The SMILES string of the molecule is Cc1cc(-c2nc(CC(N)=O)nn2C(C)(C)C)nn1C. The molecule has 0 aliphatic rings. The number of aromatic nitrogens is 5. The quantitative estimate of drug-likeness (QED) is 0.896. The number of hydrogen-bond acceptors (Lipinski definition) is 4. The topological polar surface area (TPSA) is 91.6 Å². The van der Waals surface area contributed by atoms with Crippen LogP contribution >= 0.6 is 0 Å². The van der Waals surface area contributed by atoms with Crippen LogP contribution in [0.5, 0.6) is 0 Å². The maximum absolute atomic E-state index is 11.0. The third-order valence-electron chi connectivity index (χ3n) is 2.96. The molecule has 0 spiro atoms. The molecule has 0 bridgehead atoms. The van der Waals surface area contributed by atoms with Gasteiger partial charge in [-0.25, -0.2) is 9.67 Å². The molecule has 0 radical (unpaired) electrons. The van der Waals surface area contributed by atoms with E-state index in [-0.39, 0.29) is 12.0 Å². The molecule has 20 heavy (non-hydrogen) atoms. The molecule has 2 aromatic heterocycles. The second-order valence-electron chi connectivity index (χ2n) is 5.87. The molecule has 0 aliphatic carbocycles. The van der Waals surface area contributed by atoms with Crippen LogP contribution in [0.2, 0.25) is 0 Å². The van der Waals surface area contributed by atoms with Gasteiger partial charge < -0.3 is 5.73 Å². The molecule has 2 N–H and O–H groups in total. The summed E-state index contributed by atoms with van der Waals surface area (Å²) in [6, 6.07) is 1.94. The predicted molar refractivity (Wildman–Crippen MR) is 74.9 cm³/mol. The number of rotatable bonds is 3. The van der Waals surface area contributed by atoms with Crippen LogP contribution in [0, 0.1) is 6.92 Å². The summed E-state index contributed by atoms with van der Waals surface area (Å²) in [6.45, 7) is 8.04. The van der Waals surface area contributed by atoms with E-state index >= 15 is 0 Å². The van der Waals surface area contributed by atoms with Crippen molar-refractivity contribution in [2.24, 2.45) is 12.8 Å². The van der Waals surface area contributed by atoms with Gasteiger partial charge >= 0.3 is 0 Å². The number of nitrogens with zero attached hydrogens (tertiary/aromatic N) is 5. The minimum Gasteiger partial charge on any atom is -0.369 e. The first-order valence-electron chi connectivity index (χ1n) is 6.44. The van der Waals surface area contributed by atoms with Gasteiger partial charge in [0.15, 0.2) is 11.6 Å². The highest BCUT2D eigenvalue weighted by atomic mass is 16.1. The van der Waals surface area contributed by atoms with Crippen LogP contribution in [0.25, 0.3) is 11.5 Å². The average Bonchev–Trinajstić information content (AvgIpc) is 2.82. The Balaban J connectivity index is 2.55. The highest BCUT2D eigenvalue weighted by molar-refractivity contribution is 5.75. The average molecular weight is 276 g/mol. The summed E-state index contributed by atoms with van der Waals surface area (Å²) in [5.41, 5.74) is 6.72. The minimum atomic E-state index is -0.445. The number of primary amides is 1. The van der Waals surface area contributed by atoms with Crippen molar-refractivity contribution >= 4 is 5.91 Å². The molecule has 2 heterocycles. The predicted octanol–water partition coefficient (Wildman–Crippen LogP) is 0.770. The van der Waals surface area contributed by atoms with Crippen molar-refractivity contribution in [2.45, 2.75) is 39.7 Å². The van der Waals surface area contributed by atoms with E-state index in [0.717, 1.165) is 11.4 Å². The summed E-state index contributed by atoms with van der Waals surface area (Å²) in [4.78, 5) is 15.5. The largest absolute Gasteiger partial charge is 0.369 e. The monoisotopic (exact) mass is 276 g/mol. The first kappa shape index (κ1) is 14.2. The zero-order valence-corrected chi connectivity index (χ0v) is 12.5. The van der Waals surface area contributed by atoms with E-state index in [4.69, 9.17) is 5.73 Å². The van der Waals surface area contributed by atoms with Crippen molar-refractivity contribution in [1.29, 1.82) is 0 Å². The van der Waals surface area contributed by atoms with Crippen LogP contribution in [0.3, 0.4) is 0 Å². The molecule has 7 nitrogen and oxygen atoms in total. The number of carbonyl (C=O) groups is 1. The molecule has 108 valence electrons. The Kier molecular flexibility index (Phi) is 3.37. The normalized spacial score (nSPS) is 11.8. The zero-order valence-electron chi connectivity index (χ0n) is 12.5. The minimum absolute atomic E-state index is 0.0297. The van der Waals surface area contributed by atoms with Crippen molar-refractivity contribution in [3.63, 3.8) is 0 Å². The summed E-state index contributed by atoms with van der Waals surface area (Å²) in [5, 5.41) is 8.82. The maximum Gasteiger partial charge on any atom is 0.225 e. The molecule has 0 saturated heterocycles. The molecule has 2 rings (SSSR count). The molecule has 1 amide bonds. The second kappa shape index (κ2) is 4.73. The molecule has 2 aromatic rings. The van der Waals surface area contributed by atoms with E-state index in [1.165, 1.54) is 0 Å². The number of hydrogen-bond donors (Lipinski definition) is 1. The van der Waals surface area contributed by atoms with E-state index < -0.39 is 5.91 Å². The van der Waals surface area contributed by atoms with Gasteiger partial charge in [-0.1, -0.05) is 0 Å². The highest BCUT2D eigenvalue weighted by Gasteiger charge is 2.24. The molecule has 0 aliphatic heterocycles. The van der Waals surface area contributed by atoms with Gasteiger partial charge in [-0.3, -0.25) is 9.48 Å². The van der Waals surface area contributed by atoms with E-state index in [1.54, 1.807) is 9.36 Å². The standard InChI is InChI=1S/C13H20N6O/c1-8-6-9(16-18(8)5)12-15-11(7-10(14)20)17-19(12)13(2,3)4/h6H,7H2,1-5H3,(H2,14,20). The summed E-state index contributed by atoms with van der Waals surface area (Å²) in [7, 11) is 1.88. The molecule has 0 aromatic carbocycles. The molecule has 0 saturated carbocycles. The lowest BCUT2D eigenvalue weighted by Crippen LogP contribution is -2.24. The van der Waals surface area contributed by atoms with Crippen LogP contribution in [0.4, 0.5) is 0 Å². The lowest BCUT2D eigenvalue weighted by atomic mass is 10.1. The van der Waals surface area contributed by atoms with Crippen LogP contribution in [-0.2, 0) is 23.8 Å². The smallest absolute Gasteiger partial charge is 0.225 e. The fraction of sp³-hybridized carbons (Fsp3) is 0.538. The van der Waals surface area contributed by atoms with Gasteiger partial charge in [-0.05, 0) is 33.8 Å². The van der Waals surface area contributed by atoms with Gasteiger partial charge in [-0.15, -0.1) is 0 Å². The third kappa shape index (κ3) is 2.71. The number of aryl methyl sites for hydroxylation is 2. The Morgan fingerprint density at radius 3 is 2.45 bits per heavy atom. The number of amides is 1. The molecule has 0 unspecified atom stereocenters. The lowest BCUT2D eigenvalue weighted by molar-refractivity contribution is -0.117. The van der Waals surface area contributed by atoms with Gasteiger partial charge in [0, 0.05) is 12.7 Å². The zero-order chi connectivity index (χ0) is 15.1. The van der Waals surface area contributed by atoms with Gasteiger partial charge in [0.25, 0.3) is 0 Å². The fourth-order valence-electron chi connectivity index (χ4n) is 1.89. The van der Waals surface area contributed by atoms with Crippen molar-refractivity contribution < 1.29 is 4.79 Å². The Hall–Kier alpha value is -2.18. The number of nitrogens with two attached hydrogens (primary N) is 1. The Labute approximate surface area is 117 Å². The molecule has 7 heteroatoms. The van der Waals surface area contributed by atoms with Crippen LogP contribution < -0.4 is 5.73 Å². The Morgan fingerprint density at radius 1 is 1.35 bits per heavy atom. The first-order chi connectivity index (χ1) is 9.18. The highest BCUT2D eigenvalue weighted by Crippen LogP contribution is 2.23. The van der Waals surface area contributed by atoms with E-state index in [2.05, 4.69) is 15.2 Å².